The van der Waals surface area contributed by atoms with Crippen LogP contribution in [0.2, 0.25) is 0 Å². The Hall–Kier alpha value is -2.46. The topological polar surface area (TPSA) is 38.3 Å². The van der Waals surface area contributed by atoms with Gasteiger partial charge in [0.15, 0.2) is 6.10 Å². The molecule has 0 aliphatic heterocycles. The van der Waals surface area contributed by atoms with E-state index >= 15 is 0 Å². The molecule has 0 unspecified atom stereocenters. The van der Waals surface area contributed by atoms with Crippen LogP contribution in [0.5, 0.6) is 5.75 Å². The van der Waals surface area contributed by atoms with Gasteiger partial charge >= 0.3 is 0 Å². The lowest BCUT2D eigenvalue weighted by molar-refractivity contribution is -0.127. The monoisotopic (exact) mass is 379 g/mol. The van der Waals surface area contributed by atoms with Gasteiger partial charge in [-0.2, -0.15) is 11.8 Å². The molecule has 0 spiro atoms. The van der Waals surface area contributed by atoms with Crippen LogP contribution in [0, 0.1) is 6.92 Å². The third kappa shape index (κ3) is 5.76. The van der Waals surface area contributed by atoms with Crippen LogP contribution in [0.15, 0.2) is 66.7 Å². The molecule has 0 bridgehead atoms. The summed E-state index contributed by atoms with van der Waals surface area (Å²) in [5.41, 5.74) is 2.60. The molecule has 0 aliphatic rings. The molecule has 0 radical (unpaired) electrons. The van der Waals surface area contributed by atoms with Crippen molar-refractivity contribution in [3.63, 3.8) is 0 Å². The lowest BCUT2D eigenvalue weighted by Gasteiger charge is -2.15. The first kappa shape index (κ1) is 19.3. The largest absolute Gasteiger partial charge is 0.481 e. The summed E-state index contributed by atoms with van der Waals surface area (Å²) >= 11 is 1.82. The molecule has 3 rings (SSSR count). The fourth-order valence-electron chi connectivity index (χ4n) is 2.88. The molecule has 0 aromatic heterocycles. The second-order valence-corrected chi connectivity index (χ2v) is 7.71. The normalized spacial score (nSPS) is 11.9. The Morgan fingerprint density at radius 3 is 2.67 bits per heavy atom. The number of carbonyl (C=O) groups excluding carboxylic acids is 1. The molecule has 0 aliphatic carbocycles. The predicted octanol–water partition coefficient (Wildman–Crippen LogP) is 4.97. The Bertz CT molecular complexity index is 910. The number of nitrogens with one attached hydrogen (secondary N) is 1. The molecule has 1 atom stereocenters. The van der Waals surface area contributed by atoms with Crippen LogP contribution in [0.3, 0.4) is 0 Å². The number of aryl methyl sites for hydroxylation is 1. The van der Waals surface area contributed by atoms with Gasteiger partial charge in [-0.05, 0) is 42.3 Å². The van der Waals surface area contributed by atoms with Crippen molar-refractivity contribution in [2.45, 2.75) is 25.7 Å². The van der Waals surface area contributed by atoms with Crippen molar-refractivity contribution in [2.75, 3.05) is 12.3 Å². The minimum absolute atomic E-state index is 0.0840. The molecular formula is C23H25NO2S. The molecule has 1 amide bonds. The van der Waals surface area contributed by atoms with Crippen molar-refractivity contribution in [3.8, 4) is 5.75 Å². The number of thioether (sulfide) groups is 1. The minimum Gasteiger partial charge on any atom is -0.481 e. The van der Waals surface area contributed by atoms with Gasteiger partial charge in [0, 0.05) is 18.1 Å². The number of hydrogen-bond acceptors (Lipinski definition) is 3. The summed E-state index contributed by atoms with van der Waals surface area (Å²) in [6.07, 6.45) is -0.520. The highest BCUT2D eigenvalue weighted by Crippen LogP contribution is 2.21. The van der Waals surface area contributed by atoms with E-state index in [2.05, 4.69) is 42.6 Å². The van der Waals surface area contributed by atoms with Gasteiger partial charge in [-0.1, -0.05) is 60.2 Å². The van der Waals surface area contributed by atoms with Crippen molar-refractivity contribution in [1.29, 1.82) is 0 Å². The SMILES string of the molecule is Cc1cccc(CSCCNC(=O)[C@@H](C)Oc2ccc3ccccc3c2)c1. The fraction of sp³-hybridized carbons (Fsp3) is 0.261. The maximum absolute atomic E-state index is 12.2. The summed E-state index contributed by atoms with van der Waals surface area (Å²) in [6, 6.07) is 22.5. The van der Waals surface area contributed by atoms with Crippen LogP contribution in [0.25, 0.3) is 10.8 Å². The molecule has 1 N–H and O–H groups in total. The molecule has 0 saturated carbocycles. The number of benzene rings is 3. The highest BCUT2D eigenvalue weighted by molar-refractivity contribution is 7.98. The number of amides is 1. The number of rotatable bonds is 8. The highest BCUT2D eigenvalue weighted by atomic mass is 32.2. The molecule has 3 aromatic carbocycles. The van der Waals surface area contributed by atoms with Gasteiger partial charge in [0.2, 0.25) is 0 Å². The Balaban J connectivity index is 1.40. The number of fused-ring (bicyclic) bond motifs is 1. The summed E-state index contributed by atoms with van der Waals surface area (Å²) in [7, 11) is 0. The van der Waals surface area contributed by atoms with Gasteiger partial charge in [0.25, 0.3) is 5.91 Å². The summed E-state index contributed by atoms with van der Waals surface area (Å²) in [6.45, 7) is 4.52. The summed E-state index contributed by atoms with van der Waals surface area (Å²) in [4.78, 5) is 12.2. The lowest BCUT2D eigenvalue weighted by atomic mass is 10.1. The first-order valence-electron chi connectivity index (χ1n) is 9.18. The summed E-state index contributed by atoms with van der Waals surface area (Å²) < 4.78 is 5.80. The molecule has 0 heterocycles. The quantitative estimate of drug-likeness (QED) is 0.562. The Morgan fingerprint density at radius 2 is 1.85 bits per heavy atom. The third-order valence-electron chi connectivity index (χ3n) is 4.30. The third-order valence-corrected chi connectivity index (χ3v) is 5.33. The molecule has 3 aromatic rings. The zero-order valence-corrected chi connectivity index (χ0v) is 16.6. The molecule has 3 nitrogen and oxygen atoms in total. The zero-order chi connectivity index (χ0) is 19.1. The van der Waals surface area contributed by atoms with Gasteiger partial charge in [0.1, 0.15) is 5.75 Å². The molecule has 27 heavy (non-hydrogen) atoms. The van der Waals surface area contributed by atoms with Crippen LogP contribution in [0.1, 0.15) is 18.1 Å². The van der Waals surface area contributed by atoms with Gasteiger partial charge < -0.3 is 10.1 Å². The fourth-order valence-corrected chi connectivity index (χ4v) is 3.69. The van der Waals surface area contributed by atoms with E-state index in [-0.39, 0.29) is 5.91 Å². The second-order valence-electron chi connectivity index (χ2n) is 6.60. The number of carbonyl (C=O) groups is 1. The standard InChI is InChI=1S/C23H25NO2S/c1-17-6-5-7-19(14-17)16-27-13-12-24-23(25)18(2)26-22-11-10-20-8-3-4-9-21(20)15-22/h3-11,14-15,18H,12-13,16H2,1-2H3,(H,24,25)/t18-/m1/s1. The average Bonchev–Trinajstić information content (AvgIpc) is 2.67. The van der Waals surface area contributed by atoms with E-state index in [0.29, 0.717) is 12.3 Å². The second kappa shape index (κ2) is 9.47. The number of ether oxygens (including phenoxy) is 1. The van der Waals surface area contributed by atoms with E-state index in [4.69, 9.17) is 4.74 Å². The predicted molar refractivity (Wildman–Crippen MR) is 114 cm³/mol. The van der Waals surface area contributed by atoms with Crippen LogP contribution in [0.4, 0.5) is 0 Å². The van der Waals surface area contributed by atoms with Crippen LogP contribution in [-0.2, 0) is 10.5 Å². The highest BCUT2D eigenvalue weighted by Gasteiger charge is 2.14. The van der Waals surface area contributed by atoms with Crippen molar-refractivity contribution in [3.05, 3.63) is 77.9 Å². The Kier molecular flexibility index (Phi) is 6.77. The summed E-state index contributed by atoms with van der Waals surface area (Å²) in [5, 5.41) is 5.22. The van der Waals surface area contributed by atoms with Crippen molar-refractivity contribution < 1.29 is 9.53 Å². The van der Waals surface area contributed by atoms with E-state index in [1.54, 1.807) is 6.92 Å². The van der Waals surface area contributed by atoms with Crippen molar-refractivity contribution >= 4 is 28.4 Å². The van der Waals surface area contributed by atoms with E-state index in [1.807, 2.05) is 48.2 Å². The maximum Gasteiger partial charge on any atom is 0.260 e. The van der Waals surface area contributed by atoms with Crippen molar-refractivity contribution in [1.82, 2.24) is 5.32 Å². The van der Waals surface area contributed by atoms with Crippen LogP contribution < -0.4 is 10.1 Å². The Labute approximate surface area is 165 Å². The lowest BCUT2D eigenvalue weighted by Crippen LogP contribution is -2.37. The van der Waals surface area contributed by atoms with Gasteiger partial charge in [-0.3, -0.25) is 4.79 Å². The molecule has 0 fully saturated rings. The molecule has 140 valence electrons. The molecule has 0 saturated heterocycles. The smallest absolute Gasteiger partial charge is 0.260 e. The molecular weight excluding hydrogens is 354 g/mol. The first-order chi connectivity index (χ1) is 13.1. The van der Waals surface area contributed by atoms with E-state index < -0.39 is 6.10 Å². The molecule has 4 heteroatoms. The summed E-state index contributed by atoms with van der Waals surface area (Å²) in [5.74, 6) is 2.47. The maximum atomic E-state index is 12.2. The zero-order valence-electron chi connectivity index (χ0n) is 15.8. The van der Waals surface area contributed by atoms with Crippen LogP contribution >= 0.6 is 11.8 Å². The van der Waals surface area contributed by atoms with E-state index in [1.165, 1.54) is 11.1 Å². The van der Waals surface area contributed by atoms with Crippen molar-refractivity contribution in [2.24, 2.45) is 0 Å². The van der Waals surface area contributed by atoms with E-state index in [9.17, 15) is 4.79 Å². The van der Waals surface area contributed by atoms with Gasteiger partial charge in [-0.15, -0.1) is 0 Å². The van der Waals surface area contributed by atoms with Crippen LogP contribution in [-0.4, -0.2) is 24.3 Å². The first-order valence-corrected chi connectivity index (χ1v) is 10.3. The van der Waals surface area contributed by atoms with Gasteiger partial charge in [-0.25, -0.2) is 0 Å². The van der Waals surface area contributed by atoms with E-state index in [0.717, 1.165) is 22.3 Å². The average molecular weight is 380 g/mol. The van der Waals surface area contributed by atoms with Gasteiger partial charge in [0.05, 0.1) is 0 Å². The Morgan fingerprint density at radius 1 is 1.04 bits per heavy atom. The minimum atomic E-state index is -0.520. The number of hydrogen-bond donors (Lipinski definition) is 1.